The van der Waals surface area contributed by atoms with Gasteiger partial charge < -0.3 is 15.0 Å². The number of benzene rings is 2. The molecule has 0 saturated heterocycles. The highest BCUT2D eigenvalue weighted by atomic mass is 79.9. The minimum Gasteiger partial charge on any atom is -0.494 e. The zero-order valence-electron chi connectivity index (χ0n) is 17.4. The van der Waals surface area contributed by atoms with Crippen molar-refractivity contribution in [1.29, 1.82) is 0 Å². The molecule has 0 unspecified atom stereocenters. The van der Waals surface area contributed by atoms with Crippen LogP contribution < -0.4 is 10.1 Å². The van der Waals surface area contributed by atoms with Gasteiger partial charge in [0.15, 0.2) is 0 Å². The SMILES string of the molecule is CCCNC(=O)[C@@H](C)N(Cc1ccc(Br)cc1)C(=O)CCCOc1ccc(Cl)cc1. The Hall–Kier alpha value is -2.05. The third-order valence-electron chi connectivity index (χ3n) is 4.60. The summed E-state index contributed by atoms with van der Waals surface area (Å²) in [6, 6.07) is 14.3. The van der Waals surface area contributed by atoms with Crippen LogP contribution in [0.3, 0.4) is 0 Å². The first kappa shape index (κ1) is 24.2. The number of halogens is 2. The summed E-state index contributed by atoms with van der Waals surface area (Å²) in [5, 5.41) is 3.53. The topological polar surface area (TPSA) is 58.6 Å². The average Bonchev–Trinajstić information content (AvgIpc) is 2.75. The maximum Gasteiger partial charge on any atom is 0.242 e. The minimum atomic E-state index is -0.551. The monoisotopic (exact) mass is 494 g/mol. The first-order chi connectivity index (χ1) is 14.4. The molecule has 0 aliphatic rings. The Bertz CT molecular complexity index is 812. The number of ether oxygens (including phenoxy) is 1. The van der Waals surface area contributed by atoms with E-state index in [1.807, 2.05) is 31.2 Å². The Morgan fingerprint density at radius 2 is 1.80 bits per heavy atom. The molecule has 2 rings (SSSR count). The van der Waals surface area contributed by atoms with E-state index >= 15 is 0 Å². The van der Waals surface area contributed by atoms with Crippen LogP contribution in [0.25, 0.3) is 0 Å². The molecule has 0 heterocycles. The quantitative estimate of drug-likeness (QED) is 0.436. The zero-order valence-corrected chi connectivity index (χ0v) is 19.7. The molecule has 5 nitrogen and oxygen atoms in total. The van der Waals surface area contributed by atoms with Crippen molar-refractivity contribution in [2.45, 2.75) is 45.7 Å². The summed E-state index contributed by atoms with van der Waals surface area (Å²) in [6.07, 6.45) is 1.71. The van der Waals surface area contributed by atoms with Crippen LogP contribution in [0.15, 0.2) is 53.0 Å². The van der Waals surface area contributed by atoms with Crippen molar-refractivity contribution in [3.8, 4) is 5.75 Å². The van der Waals surface area contributed by atoms with Crippen molar-refractivity contribution in [1.82, 2.24) is 10.2 Å². The summed E-state index contributed by atoms with van der Waals surface area (Å²) in [6.45, 7) is 5.15. The number of carbonyl (C=O) groups is 2. The second kappa shape index (κ2) is 12.6. The van der Waals surface area contributed by atoms with E-state index in [0.29, 0.717) is 43.3 Å². The third kappa shape index (κ3) is 8.00. The summed E-state index contributed by atoms with van der Waals surface area (Å²) in [4.78, 5) is 27.1. The Labute approximate surface area is 191 Å². The van der Waals surface area contributed by atoms with Crippen LogP contribution in [0.1, 0.15) is 38.7 Å². The van der Waals surface area contributed by atoms with Gasteiger partial charge in [0.1, 0.15) is 11.8 Å². The fraction of sp³-hybridized carbons (Fsp3) is 0.391. The van der Waals surface area contributed by atoms with Gasteiger partial charge in [-0.05, 0) is 61.7 Å². The number of amides is 2. The maximum absolute atomic E-state index is 13.0. The Balaban J connectivity index is 1.96. The highest BCUT2D eigenvalue weighted by Crippen LogP contribution is 2.17. The molecule has 0 fully saturated rings. The van der Waals surface area contributed by atoms with E-state index in [2.05, 4.69) is 21.2 Å². The Kier molecular flexibility index (Phi) is 10.2. The Morgan fingerprint density at radius 3 is 2.43 bits per heavy atom. The molecule has 0 saturated carbocycles. The lowest BCUT2D eigenvalue weighted by Crippen LogP contribution is -2.47. The van der Waals surface area contributed by atoms with Crippen LogP contribution in [0.5, 0.6) is 5.75 Å². The summed E-state index contributed by atoms with van der Waals surface area (Å²) in [7, 11) is 0. The molecule has 1 atom stereocenters. The number of nitrogens with zero attached hydrogens (tertiary/aromatic N) is 1. The molecule has 0 aliphatic carbocycles. The molecule has 2 aromatic carbocycles. The number of rotatable bonds is 11. The van der Waals surface area contributed by atoms with Gasteiger partial charge in [0.25, 0.3) is 0 Å². The van der Waals surface area contributed by atoms with Crippen molar-refractivity contribution < 1.29 is 14.3 Å². The van der Waals surface area contributed by atoms with Crippen molar-refractivity contribution >= 4 is 39.3 Å². The lowest BCUT2D eigenvalue weighted by Gasteiger charge is -2.29. The standard InChI is InChI=1S/C23H28BrClN2O3/c1-3-14-26-23(29)17(2)27(16-18-6-8-19(24)9-7-18)22(28)5-4-15-30-21-12-10-20(25)11-13-21/h6-13,17H,3-5,14-16H2,1-2H3,(H,26,29)/t17-/m1/s1. The second-order valence-corrected chi connectivity index (χ2v) is 8.37. The van der Waals surface area contributed by atoms with E-state index in [9.17, 15) is 9.59 Å². The van der Waals surface area contributed by atoms with Crippen LogP contribution >= 0.6 is 27.5 Å². The van der Waals surface area contributed by atoms with Crippen molar-refractivity contribution in [2.75, 3.05) is 13.2 Å². The van der Waals surface area contributed by atoms with Gasteiger partial charge in [0, 0.05) is 29.0 Å². The number of hydrogen-bond donors (Lipinski definition) is 1. The van der Waals surface area contributed by atoms with Gasteiger partial charge in [-0.1, -0.05) is 46.6 Å². The fourth-order valence-electron chi connectivity index (χ4n) is 2.85. The van der Waals surface area contributed by atoms with Gasteiger partial charge in [0.2, 0.25) is 11.8 Å². The van der Waals surface area contributed by atoms with Gasteiger partial charge in [-0.15, -0.1) is 0 Å². The first-order valence-electron chi connectivity index (χ1n) is 10.1. The van der Waals surface area contributed by atoms with Crippen LogP contribution in [0.4, 0.5) is 0 Å². The van der Waals surface area contributed by atoms with Crippen LogP contribution in [-0.4, -0.2) is 35.9 Å². The molecule has 7 heteroatoms. The molecule has 0 bridgehead atoms. The number of nitrogens with one attached hydrogen (secondary N) is 1. The molecule has 2 aromatic rings. The zero-order chi connectivity index (χ0) is 21.9. The van der Waals surface area contributed by atoms with Crippen LogP contribution in [0, 0.1) is 0 Å². The maximum atomic E-state index is 13.0. The van der Waals surface area contributed by atoms with Crippen LogP contribution in [0.2, 0.25) is 5.02 Å². The van der Waals surface area contributed by atoms with E-state index in [1.54, 1.807) is 36.1 Å². The highest BCUT2D eigenvalue weighted by molar-refractivity contribution is 9.10. The average molecular weight is 496 g/mol. The molecule has 0 aliphatic heterocycles. The number of carbonyl (C=O) groups excluding carboxylic acids is 2. The van der Waals surface area contributed by atoms with E-state index in [0.717, 1.165) is 16.5 Å². The summed E-state index contributed by atoms with van der Waals surface area (Å²) in [5.74, 6) is 0.502. The summed E-state index contributed by atoms with van der Waals surface area (Å²) < 4.78 is 6.64. The smallest absolute Gasteiger partial charge is 0.242 e. The third-order valence-corrected chi connectivity index (χ3v) is 5.38. The van der Waals surface area contributed by atoms with Gasteiger partial charge in [-0.3, -0.25) is 9.59 Å². The lowest BCUT2D eigenvalue weighted by molar-refractivity contribution is -0.140. The Morgan fingerprint density at radius 1 is 1.13 bits per heavy atom. The van der Waals surface area contributed by atoms with Gasteiger partial charge in [-0.25, -0.2) is 0 Å². The second-order valence-electron chi connectivity index (χ2n) is 7.02. The van der Waals surface area contributed by atoms with Gasteiger partial charge in [-0.2, -0.15) is 0 Å². The largest absolute Gasteiger partial charge is 0.494 e. The van der Waals surface area contributed by atoms with Crippen molar-refractivity contribution in [3.05, 3.63) is 63.6 Å². The molecule has 0 radical (unpaired) electrons. The summed E-state index contributed by atoms with van der Waals surface area (Å²) in [5.41, 5.74) is 0.971. The van der Waals surface area contributed by atoms with Crippen LogP contribution in [-0.2, 0) is 16.1 Å². The van der Waals surface area contributed by atoms with Crippen molar-refractivity contribution in [2.24, 2.45) is 0 Å². The molecule has 30 heavy (non-hydrogen) atoms. The molecular weight excluding hydrogens is 468 g/mol. The first-order valence-corrected chi connectivity index (χ1v) is 11.3. The highest BCUT2D eigenvalue weighted by Gasteiger charge is 2.25. The minimum absolute atomic E-state index is 0.0724. The number of hydrogen-bond acceptors (Lipinski definition) is 3. The van der Waals surface area contributed by atoms with E-state index in [-0.39, 0.29) is 11.8 Å². The van der Waals surface area contributed by atoms with Crippen molar-refractivity contribution in [3.63, 3.8) is 0 Å². The molecule has 162 valence electrons. The van der Waals surface area contributed by atoms with E-state index in [4.69, 9.17) is 16.3 Å². The summed E-state index contributed by atoms with van der Waals surface area (Å²) >= 11 is 9.29. The molecular formula is C23H28BrClN2O3. The van der Waals surface area contributed by atoms with E-state index < -0.39 is 6.04 Å². The molecule has 0 spiro atoms. The normalized spacial score (nSPS) is 11.6. The molecule has 0 aromatic heterocycles. The van der Waals surface area contributed by atoms with E-state index in [1.165, 1.54) is 0 Å². The molecule has 1 N–H and O–H groups in total. The predicted molar refractivity (Wildman–Crippen MR) is 124 cm³/mol. The molecule has 2 amide bonds. The van der Waals surface area contributed by atoms with Gasteiger partial charge in [0.05, 0.1) is 6.61 Å². The van der Waals surface area contributed by atoms with Gasteiger partial charge >= 0.3 is 0 Å². The lowest BCUT2D eigenvalue weighted by atomic mass is 10.1. The fourth-order valence-corrected chi connectivity index (χ4v) is 3.24. The predicted octanol–water partition coefficient (Wildman–Crippen LogP) is 5.21.